The van der Waals surface area contributed by atoms with E-state index >= 15 is 0 Å². The van der Waals surface area contributed by atoms with Crippen molar-refractivity contribution in [3.63, 3.8) is 0 Å². The minimum Gasteiger partial charge on any atom is -0.325 e. The Bertz CT molecular complexity index is 789. The van der Waals surface area contributed by atoms with Gasteiger partial charge in [0.05, 0.1) is 5.75 Å². The summed E-state index contributed by atoms with van der Waals surface area (Å²) >= 11 is 7.15. The lowest BCUT2D eigenvalue weighted by atomic mass is 10.3. The molecule has 23 heavy (non-hydrogen) atoms. The first-order valence-electron chi connectivity index (χ1n) is 6.86. The lowest BCUT2D eigenvalue weighted by molar-refractivity contribution is -0.113. The van der Waals surface area contributed by atoms with Crippen LogP contribution in [0.25, 0.3) is 5.69 Å². The number of para-hydroxylation sites is 1. The number of rotatable bonds is 5. The van der Waals surface area contributed by atoms with E-state index in [1.165, 1.54) is 11.8 Å². The van der Waals surface area contributed by atoms with E-state index in [4.69, 9.17) is 11.6 Å². The van der Waals surface area contributed by atoms with Crippen molar-refractivity contribution in [2.24, 2.45) is 0 Å². The molecule has 3 rings (SSSR count). The molecule has 1 heterocycles. The first-order valence-corrected chi connectivity index (χ1v) is 8.22. The van der Waals surface area contributed by atoms with Crippen molar-refractivity contribution in [1.29, 1.82) is 0 Å². The van der Waals surface area contributed by atoms with E-state index < -0.39 is 0 Å². The van der Waals surface area contributed by atoms with Gasteiger partial charge in [0.25, 0.3) is 0 Å². The predicted octanol–water partition coefficient (Wildman–Crippen LogP) is 3.65. The molecule has 3 aromatic rings. The van der Waals surface area contributed by atoms with Crippen LogP contribution in [0.4, 0.5) is 5.69 Å². The Labute approximate surface area is 142 Å². The van der Waals surface area contributed by atoms with E-state index in [0.717, 1.165) is 5.69 Å². The van der Waals surface area contributed by atoms with Gasteiger partial charge < -0.3 is 5.32 Å². The van der Waals surface area contributed by atoms with Gasteiger partial charge in [-0.1, -0.05) is 41.6 Å². The molecular formula is C16H13ClN4OS. The molecule has 0 saturated heterocycles. The number of aromatic nitrogens is 3. The summed E-state index contributed by atoms with van der Waals surface area (Å²) in [7, 11) is 0. The summed E-state index contributed by atoms with van der Waals surface area (Å²) in [5, 5.41) is 12.1. The molecule has 1 amide bonds. The average Bonchev–Trinajstić information content (AvgIpc) is 3.04. The van der Waals surface area contributed by atoms with Gasteiger partial charge in [-0.25, -0.2) is 0 Å². The zero-order chi connectivity index (χ0) is 16.1. The lowest BCUT2D eigenvalue weighted by Crippen LogP contribution is -2.14. The fraction of sp³-hybridized carbons (Fsp3) is 0.0625. The topological polar surface area (TPSA) is 59.8 Å². The molecule has 0 fully saturated rings. The highest BCUT2D eigenvalue weighted by Crippen LogP contribution is 2.20. The molecule has 1 aromatic heterocycles. The van der Waals surface area contributed by atoms with E-state index in [9.17, 15) is 4.79 Å². The molecule has 2 aromatic carbocycles. The molecule has 7 heteroatoms. The first-order chi connectivity index (χ1) is 11.2. The van der Waals surface area contributed by atoms with Crippen molar-refractivity contribution in [3.8, 4) is 5.69 Å². The van der Waals surface area contributed by atoms with E-state index in [1.807, 2.05) is 34.9 Å². The lowest BCUT2D eigenvalue weighted by Gasteiger charge is -2.07. The molecule has 0 bridgehead atoms. The predicted molar refractivity (Wildman–Crippen MR) is 92.2 cm³/mol. The van der Waals surface area contributed by atoms with Crippen molar-refractivity contribution < 1.29 is 4.79 Å². The van der Waals surface area contributed by atoms with Crippen LogP contribution in [-0.4, -0.2) is 26.4 Å². The SMILES string of the molecule is O=C(CSc1nncn1-c1ccccc1)Nc1ccc(Cl)cc1. The first kappa shape index (κ1) is 15.6. The van der Waals surface area contributed by atoms with Gasteiger partial charge in [-0.2, -0.15) is 0 Å². The third-order valence-electron chi connectivity index (χ3n) is 3.01. The van der Waals surface area contributed by atoms with Crippen LogP contribution < -0.4 is 5.32 Å². The Hall–Kier alpha value is -2.31. The van der Waals surface area contributed by atoms with Crippen LogP contribution in [0, 0.1) is 0 Å². The summed E-state index contributed by atoms with van der Waals surface area (Å²) in [5.41, 5.74) is 1.67. The molecule has 1 N–H and O–H groups in total. The van der Waals surface area contributed by atoms with E-state index in [-0.39, 0.29) is 11.7 Å². The maximum absolute atomic E-state index is 12.0. The van der Waals surface area contributed by atoms with Crippen LogP contribution in [0.2, 0.25) is 5.02 Å². The molecule has 0 aliphatic heterocycles. The third kappa shape index (κ3) is 4.12. The van der Waals surface area contributed by atoms with Gasteiger partial charge in [-0.15, -0.1) is 10.2 Å². The normalized spacial score (nSPS) is 10.5. The molecule has 0 unspecified atom stereocenters. The van der Waals surface area contributed by atoms with E-state index in [1.54, 1.807) is 30.6 Å². The number of amides is 1. The third-order valence-corrected chi connectivity index (χ3v) is 4.21. The minimum absolute atomic E-state index is 0.111. The van der Waals surface area contributed by atoms with Crippen LogP contribution in [0.3, 0.4) is 0 Å². The molecule has 0 radical (unpaired) electrons. The number of thioether (sulfide) groups is 1. The van der Waals surface area contributed by atoms with Crippen molar-refractivity contribution in [2.75, 3.05) is 11.1 Å². The molecule has 0 aliphatic carbocycles. The maximum Gasteiger partial charge on any atom is 0.234 e. The summed E-state index contributed by atoms with van der Waals surface area (Å²) in [6, 6.07) is 16.7. The van der Waals surface area contributed by atoms with Gasteiger partial charge >= 0.3 is 0 Å². The average molecular weight is 345 g/mol. The molecule has 116 valence electrons. The summed E-state index contributed by atoms with van der Waals surface area (Å²) in [6.07, 6.45) is 1.63. The van der Waals surface area contributed by atoms with Crippen molar-refractivity contribution in [2.45, 2.75) is 5.16 Å². The zero-order valence-electron chi connectivity index (χ0n) is 12.0. The fourth-order valence-corrected chi connectivity index (χ4v) is 2.80. The smallest absolute Gasteiger partial charge is 0.234 e. The van der Waals surface area contributed by atoms with E-state index in [2.05, 4.69) is 15.5 Å². The number of halogens is 1. The second kappa shape index (κ2) is 7.30. The number of benzene rings is 2. The standard InChI is InChI=1S/C16H13ClN4OS/c17-12-6-8-13(9-7-12)19-15(22)10-23-16-20-18-11-21(16)14-4-2-1-3-5-14/h1-9,11H,10H2,(H,19,22). The molecule has 0 aliphatic rings. The van der Waals surface area contributed by atoms with Crippen LogP contribution >= 0.6 is 23.4 Å². The Morgan fingerprint density at radius 1 is 1.13 bits per heavy atom. The van der Waals surface area contributed by atoms with Crippen molar-refractivity contribution in [3.05, 3.63) is 65.9 Å². The Morgan fingerprint density at radius 2 is 1.87 bits per heavy atom. The van der Waals surface area contributed by atoms with Gasteiger partial charge in [-0.05, 0) is 36.4 Å². The van der Waals surface area contributed by atoms with Gasteiger partial charge in [0.2, 0.25) is 5.91 Å². The minimum atomic E-state index is -0.111. The van der Waals surface area contributed by atoms with Crippen LogP contribution in [0.1, 0.15) is 0 Å². The highest BCUT2D eigenvalue weighted by molar-refractivity contribution is 7.99. The van der Waals surface area contributed by atoms with Gasteiger partial charge in [-0.3, -0.25) is 9.36 Å². The number of carbonyl (C=O) groups excluding carboxylic acids is 1. The van der Waals surface area contributed by atoms with Crippen molar-refractivity contribution >= 4 is 35.0 Å². The summed E-state index contributed by atoms with van der Waals surface area (Å²) in [5.74, 6) is 0.133. The zero-order valence-corrected chi connectivity index (χ0v) is 13.6. The largest absolute Gasteiger partial charge is 0.325 e. The molecule has 0 saturated carbocycles. The van der Waals surface area contributed by atoms with Gasteiger partial charge in [0, 0.05) is 16.4 Å². The highest BCUT2D eigenvalue weighted by atomic mass is 35.5. The number of nitrogens with one attached hydrogen (secondary N) is 1. The second-order valence-corrected chi connectivity index (χ2v) is 6.04. The number of carbonyl (C=O) groups is 1. The van der Waals surface area contributed by atoms with Gasteiger partial charge in [0.15, 0.2) is 5.16 Å². The quantitative estimate of drug-likeness (QED) is 0.718. The highest BCUT2D eigenvalue weighted by Gasteiger charge is 2.10. The Kier molecular flexibility index (Phi) is 4.95. The van der Waals surface area contributed by atoms with Gasteiger partial charge in [0.1, 0.15) is 6.33 Å². The molecular weight excluding hydrogens is 332 g/mol. The maximum atomic E-state index is 12.0. The number of anilines is 1. The number of hydrogen-bond donors (Lipinski definition) is 1. The molecule has 5 nitrogen and oxygen atoms in total. The summed E-state index contributed by atoms with van der Waals surface area (Å²) in [4.78, 5) is 12.0. The van der Waals surface area contributed by atoms with Crippen LogP contribution in [0.5, 0.6) is 0 Å². The fourth-order valence-electron chi connectivity index (χ4n) is 1.95. The monoisotopic (exact) mass is 344 g/mol. The molecule has 0 spiro atoms. The van der Waals surface area contributed by atoms with Crippen LogP contribution in [0.15, 0.2) is 66.1 Å². The Morgan fingerprint density at radius 3 is 2.61 bits per heavy atom. The number of nitrogens with zero attached hydrogens (tertiary/aromatic N) is 3. The van der Waals surface area contributed by atoms with Crippen LogP contribution in [-0.2, 0) is 4.79 Å². The summed E-state index contributed by atoms with van der Waals surface area (Å²) in [6.45, 7) is 0. The Balaban J connectivity index is 1.62. The number of hydrogen-bond acceptors (Lipinski definition) is 4. The second-order valence-electron chi connectivity index (χ2n) is 4.66. The summed E-state index contributed by atoms with van der Waals surface area (Å²) < 4.78 is 1.85. The van der Waals surface area contributed by atoms with Crippen molar-refractivity contribution in [1.82, 2.24) is 14.8 Å². The molecule has 0 atom stereocenters. The van der Waals surface area contributed by atoms with E-state index in [0.29, 0.717) is 15.9 Å².